The number of carbonyl (C=O) groups excluding carboxylic acids is 2. The number of hydrogen-bond acceptors (Lipinski definition) is 4. The average molecular weight is 393 g/mol. The van der Waals surface area contributed by atoms with Crippen LogP contribution in [0.25, 0.3) is 6.08 Å². The second kappa shape index (κ2) is 8.95. The van der Waals surface area contributed by atoms with E-state index < -0.39 is 11.7 Å². The molecule has 5 heteroatoms. The van der Waals surface area contributed by atoms with Crippen molar-refractivity contribution in [1.82, 2.24) is 0 Å². The minimum atomic E-state index is -0.481. The summed E-state index contributed by atoms with van der Waals surface area (Å²) in [5.41, 5.74) is 4.44. The van der Waals surface area contributed by atoms with Gasteiger partial charge in [0.05, 0.1) is 6.42 Å². The fraction of sp³-hybridized carbons (Fsp3) is 0.333. The highest BCUT2D eigenvalue weighted by Crippen LogP contribution is 2.28. The molecular formula is C24H27NO4. The summed E-state index contributed by atoms with van der Waals surface area (Å²) in [6.07, 6.45) is 3.49. The molecule has 0 aliphatic heterocycles. The van der Waals surface area contributed by atoms with Gasteiger partial charge < -0.3 is 9.47 Å². The molecule has 0 saturated carbocycles. The lowest BCUT2D eigenvalue weighted by Crippen LogP contribution is -2.24. The van der Waals surface area contributed by atoms with Gasteiger partial charge in [-0.15, -0.1) is 0 Å². The van der Waals surface area contributed by atoms with Gasteiger partial charge in [0, 0.05) is 5.69 Å². The number of anilines is 1. The molecule has 0 fully saturated rings. The van der Waals surface area contributed by atoms with Crippen molar-refractivity contribution in [3.05, 3.63) is 70.8 Å². The molecule has 0 unspecified atom stereocenters. The molecule has 1 N–H and O–H groups in total. The predicted molar refractivity (Wildman–Crippen MR) is 113 cm³/mol. The highest BCUT2D eigenvalue weighted by atomic mass is 16.6. The summed E-state index contributed by atoms with van der Waals surface area (Å²) in [5.74, 6) is -0.202. The van der Waals surface area contributed by atoms with Crippen LogP contribution in [0.4, 0.5) is 10.5 Å². The van der Waals surface area contributed by atoms with Crippen molar-refractivity contribution < 1.29 is 19.1 Å². The highest BCUT2D eigenvalue weighted by Gasteiger charge is 2.19. The summed E-state index contributed by atoms with van der Waals surface area (Å²) >= 11 is 0. The third kappa shape index (κ3) is 6.49. The van der Waals surface area contributed by atoms with E-state index in [1.165, 1.54) is 0 Å². The molecule has 0 bridgehead atoms. The van der Waals surface area contributed by atoms with Crippen molar-refractivity contribution in [2.75, 3.05) is 5.32 Å². The van der Waals surface area contributed by atoms with Crippen molar-refractivity contribution in [2.24, 2.45) is 0 Å². The lowest BCUT2D eigenvalue weighted by atomic mass is 9.90. The Labute approximate surface area is 171 Å². The Kier molecular flexibility index (Phi) is 6.37. The number of hydrogen-bond donors (Lipinski definition) is 1. The van der Waals surface area contributed by atoms with Crippen LogP contribution >= 0.6 is 0 Å². The van der Waals surface area contributed by atoms with Gasteiger partial charge in [0.15, 0.2) is 0 Å². The Balaban J connectivity index is 1.57. The molecule has 29 heavy (non-hydrogen) atoms. The van der Waals surface area contributed by atoms with Crippen LogP contribution in [0.2, 0.25) is 0 Å². The number of esters is 1. The first-order valence-corrected chi connectivity index (χ1v) is 9.80. The maximum atomic E-state index is 12.1. The topological polar surface area (TPSA) is 64.6 Å². The number of rotatable bonds is 5. The van der Waals surface area contributed by atoms with Gasteiger partial charge in [-0.25, -0.2) is 4.79 Å². The third-order valence-electron chi connectivity index (χ3n) is 4.47. The first kappa shape index (κ1) is 20.6. The molecular weight excluding hydrogens is 366 g/mol. The Morgan fingerprint density at radius 2 is 1.79 bits per heavy atom. The zero-order valence-corrected chi connectivity index (χ0v) is 17.2. The molecule has 0 aromatic heterocycles. The second-order valence-electron chi connectivity index (χ2n) is 8.17. The van der Waals surface area contributed by atoms with Crippen LogP contribution < -0.4 is 5.32 Å². The van der Waals surface area contributed by atoms with E-state index in [0.717, 1.165) is 35.1 Å². The predicted octanol–water partition coefficient (Wildman–Crippen LogP) is 5.50. The quantitative estimate of drug-likeness (QED) is 0.682. The molecule has 0 atom stereocenters. The smallest absolute Gasteiger partial charge is 0.411 e. The third-order valence-corrected chi connectivity index (χ3v) is 4.47. The van der Waals surface area contributed by atoms with E-state index in [2.05, 4.69) is 5.32 Å². The maximum absolute atomic E-state index is 12.1. The van der Waals surface area contributed by atoms with Crippen molar-refractivity contribution >= 4 is 23.8 Å². The molecule has 152 valence electrons. The number of carbonyl (C=O) groups is 2. The van der Waals surface area contributed by atoms with E-state index in [4.69, 9.17) is 9.47 Å². The normalized spacial score (nSPS) is 13.1. The van der Waals surface area contributed by atoms with Crippen LogP contribution in [0.3, 0.4) is 0 Å². The second-order valence-corrected chi connectivity index (χ2v) is 8.17. The molecule has 0 heterocycles. The van der Waals surface area contributed by atoms with Crippen molar-refractivity contribution in [3.63, 3.8) is 0 Å². The summed E-state index contributed by atoms with van der Waals surface area (Å²) in [6, 6.07) is 15.3. The van der Waals surface area contributed by atoms with E-state index in [1.807, 2.05) is 75.4 Å². The molecule has 1 amide bonds. The van der Waals surface area contributed by atoms with Gasteiger partial charge in [-0.2, -0.15) is 0 Å². The SMILES string of the molecule is CC(C)(C)OC(=O)CC1=Cc2ccc(NC(=O)OCc3ccccc3)cc2CC1. The largest absolute Gasteiger partial charge is 0.460 e. The molecule has 0 radical (unpaired) electrons. The van der Waals surface area contributed by atoms with E-state index in [1.54, 1.807) is 0 Å². The summed E-state index contributed by atoms with van der Waals surface area (Å²) in [4.78, 5) is 24.1. The van der Waals surface area contributed by atoms with E-state index in [9.17, 15) is 9.59 Å². The number of benzene rings is 2. The molecule has 2 aromatic rings. The van der Waals surface area contributed by atoms with Crippen LogP contribution in [0.5, 0.6) is 0 Å². The van der Waals surface area contributed by atoms with E-state index in [0.29, 0.717) is 12.1 Å². The molecule has 3 rings (SSSR count). The summed E-state index contributed by atoms with van der Waals surface area (Å²) in [7, 11) is 0. The Bertz CT molecular complexity index is 910. The molecule has 5 nitrogen and oxygen atoms in total. The van der Waals surface area contributed by atoms with Crippen molar-refractivity contribution in [1.29, 1.82) is 0 Å². The fourth-order valence-corrected chi connectivity index (χ4v) is 3.21. The van der Waals surface area contributed by atoms with Gasteiger partial charge in [0.1, 0.15) is 12.2 Å². The molecule has 0 spiro atoms. The van der Waals surface area contributed by atoms with E-state index in [-0.39, 0.29) is 12.6 Å². The Morgan fingerprint density at radius 1 is 1.03 bits per heavy atom. The maximum Gasteiger partial charge on any atom is 0.411 e. The van der Waals surface area contributed by atoms with Gasteiger partial charge in [0.2, 0.25) is 0 Å². The number of nitrogens with one attached hydrogen (secondary N) is 1. The van der Waals surface area contributed by atoms with Gasteiger partial charge in [-0.3, -0.25) is 10.1 Å². The van der Waals surface area contributed by atoms with Crippen molar-refractivity contribution in [3.8, 4) is 0 Å². The van der Waals surface area contributed by atoms with Crippen LogP contribution in [-0.2, 0) is 27.3 Å². The average Bonchev–Trinajstić information content (AvgIpc) is 2.66. The number of fused-ring (bicyclic) bond motifs is 1. The van der Waals surface area contributed by atoms with Crippen molar-refractivity contribution in [2.45, 2.75) is 52.2 Å². The first-order valence-electron chi connectivity index (χ1n) is 9.80. The zero-order valence-electron chi connectivity index (χ0n) is 17.2. The van der Waals surface area contributed by atoms with Gasteiger partial charge in [-0.05, 0) is 62.4 Å². The van der Waals surface area contributed by atoms with Gasteiger partial charge in [-0.1, -0.05) is 48.0 Å². The minimum absolute atomic E-state index is 0.202. The van der Waals surface area contributed by atoms with E-state index >= 15 is 0 Å². The van der Waals surface area contributed by atoms with Gasteiger partial charge in [0.25, 0.3) is 0 Å². The fourth-order valence-electron chi connectivity index (χ4n) is 3.21. The van der Waals surface area contributed by atoms with Crippen LogP contribution in [0, 0.1) is 0 Å². The Hall–Kier alpha value is -3.08. The van der Waals surface area contributed by atoms with Gasteiger partial charge >= 0.3 is 12.1 Å². The number of amides is 1. The number of aryl methyl sites for hydroxylation is 1. The standard InChI is InChI=1S/C24H27NO4/c1-24(2,3)29-22(26)14-18-9-10-20-15-21(12-11-19(20)13-18)25-23(27)28-16-17-7-5-4-6-8-17/h4-8,11-13,15H,9-10,14,16H2,1-3H3,(H,25,27). The van der Waals surface area contributed by atoms with Crippen LogP contribution in [0.1, 0.15) is 50.3 Å². The lowest BCUT2D eigenvalue weighted by Gasteiger charge is -2.21. The molecule has 1 aliphatic rings. The molecule has 2 aromatic carbocycles. The minimum Gasteiger partial charge on any atom is -0.460 e. The summed E-state index contributed by atoms with van der Waals surface area (Å²) in [6.45, 7) is 5.84. The Morgan fingerprint density at radius 3 is 2.52 bits per heavy atom. The highest BCUT2D eigenvalue weighted by molar-refractivity contribution is 5.85. The number of ether oxygens (including phenoxy) is 2. The zero-order chi connectivity index (χ0) is 20.9. The molecule has 1 aliphatic carbocycles. The molecule has 0 saturated heterocycles. The first-order chi connectivity index (χ1) is 13.8. The summed E-state index contributed by atoms with van der Waals surface area (Å²) in [5, 5.41) is 2.78. The van der Waals surface area contributed by atoms with Crippen LogP contribution in [-0.4, -0.2) is 17.7 Å². The van der Waals surface area contributed by atoms with Crippen LogP contribution in [0.15, 0.2) is 54.1 Å². The summed E-state index contributed by atoms with van der Waals surface area (Å²) < 4.78 is 10.7. The monoisotopic (exact) mass is 393 g/mol. The lowest BCUT2D eigenvalue weighted by molar-refractivity contribution is -0.153.